The third kappa shape index (κ3) is 1.81. The summed E-state index contributed by atoms with van der Waals surface area (Å²) in [5.74, 6) is 0. The van der Waals surface area contributed by atoms with Crippen molar-refractivity contribution in [1.29, 1.82) is 0 Å². The molecule has 1 atom stereocenters. The van der Waals surface area contributed by atoms with Gasteiger partial charge in [0.1, 0.15) is 0 Å². The van der Waals surface area contributed by atoms with Crippen LogP contribution in [0.1, 0.15) is 19.3 Å². The Bertz CT molecular complexity index is 50.0. The Hall–Kier alpha value is 0.479. The molecule has 41 valence electrons. The zero-order valence-electron chi connectivity index (χ0n) is 4.22. The van der Waals surface area contributed by atoms with Crippen molar-refractivity contribution in [3.8, 4) is 0 Å². The van der Waals surface area contributed by atoms with Crippen molar-refractivity contribution in [2.75, 3.05) is 6.61 Å². The van der Waals surface area contributed by atoms with Gasteiger partial charge in [-0.2, -0.15) is 0 Å². The number of hydrogen-bond donors (Lipinski definition) is 0. The molecule has 0 aromatic heterocycles. The molecule has 0 bridgehead atoms. The molecule has 1 heterocycles. The first kappa shape index (κ1) is 5.61. The van der Waals surface area contributed by atoms with Crippen LogP contribution in [0.5, 0.6) is 0 Å². The predicted octanol–water partition coefficient (Wildman–Crippen LogP) is 0.681. The summed E-state index contributed by atoms with van der Waals surface area (Å²) in [4.78, 5) is 0. The molecule has 0 spiro atoms. The van der Waals surface area contributed by atoms with E-state index in [0.717, 1.165) is 6.61 Å². The third-order valence-electron chi connectivity index (χ3n) is 1.14. The van der Waals surface area contributed by atoms with Crippen LogP contribution in [0, 0.1) is 0 Å². The fraction of sp³-hybridized carbons (Fsp3) is 1.00. The summed E-state index contributed by atoms with van der Waals surface area (Å²) in [6.45, 7) is 0.956. The van der Waals surface area contributed by atoms with Gasteiger partial charge in [0.25, 0.3) is 0 Å². The first-order valence-corrected chi connectivity index (χ1v) is 3.66. The van der Waals surface area contributed by atoms with Crippen LogP contribution >= 0.6 is 0 Å². The second-order valence-corrected chi connectivity index (χ2v) is 2.90. The predicted molar refractivity (Wildman–Crippen MR) is 29.3 cm³/mol. The average Bonchev–Trinajstić information content (AvgIpc) is 1.69. The van der Waals surface area contributed by atoms with Gasteiger partial charge in [0, 0.05) is 0 Å². The number of hydrogen-bond acceptors (Lipinski definition) is 1. The first-order chi connectivity index (χ1) is 3.39. The van der Waals surface area contributed by atoms with Crippen LogP contribution in [0.4, 0.5) is 0 Å². The molecule has 1 fully saturated rings. The summed E-state index contributed by atoms with van der Waals surface area (Å²) in [5.41, 5.74) is 0. The molecule has 0 N–H and O–H groups in total. The van der Waals surface area contributed by atoms with Gasteiger partial charge in [-0.1, -0.05) is 0 Å². The zero-order valence-corrected chi connectivity index (χ0v) is 5.94. The van der Waals surface area contributed by atoms with E-state index in [1.54, 1.807) is 0 Å². The van der Waals surface area contributed by atoms with Crippen LogP contribution in [-0.4, -0.2) is 27.6 Å². The van der Waals surface area contributed by atoms with Crippen molar-refractivity contribution in [2.45, 2.75) is 24.3 Å². The Morgan fingerprint density at radius 2 is 2.29 bits per heavy atom. The van der Waals surface area contributed by atoms with E-state index >= 15 is 0 Å². The molecule has 2 heteroatoms. The van der Waals surface area contributed by atoms with Crippen LogP contribution in [0.2, 0.25) is 0 Å². The van der Waals surface area contributed by atoms with Crippen LogP contribution in [0.3, 0.4) is 0 Å². The summed E-state index contributed by atoms with van der Waals surface area (Å²) >= 11 is 2.96. The molecule has 0 aromatic carbocycles. The van der Waals surface area contributed by atoms with E-state index in [-0.39, 0.29) is 0 Å². The molecule has 1 rings (SSSR count). The minimum absolute atomic E-state index is 0.411. The third-order valence-corrected chi connectivity index (χ3v) is 1.92. The minimum atomic E-state index is 0.411. The fourth-order valence-electron chi connectivity index (χ4n) is 0.711. The maximum absolute atomic E-state index is 5.22. The Morgan fingerprint density at radius 1 is 1.43 bits per heavy atom. The Kier molecular flexibility index (Phi) is 2.17. The van der Waals surface area contributed by atoms with Crippen molar-refractivity contribution >= 4 is 16.0 Å². The van der Waals surface area contributed by atoms with E-state index < -0.39 is 0 Å². The molecule has 0 amide bonds. The molecule has 1 unspecified atom stereocenters. The monoisotopic (exact) mass is 165 g/mol. The standard InChI is InChI=1S/C5H9OSe/c7-5-3-1-2-4-6-5/h5H,1-4H2. The van der Waals surface area contributed by atoms with Gasteiger partial charge < -0.3 is 0 Å². The van der Waals surface area contributed by atoms with E-state index in [0.29, 0.717) is 5.00 Å². The molecule has 7 heavy (non-hydrogen) atoms. The molecule has 1 radical (unpaired) electrons. The van der Waals surface area contributed by atoms with Crippen LogP contribution in [0.15, 0.2) is 0 Å². The molecule has 0 aromatic rings. The van der Waals surface area contributed by atoms with Crippen molar-refractivity contribution in [1.82, 2.24) is 0 Å². The average molecular weight is 164 g/mol. The van der Waals surface area contributed by atoms with Crippen molar-refractivity contribution in [3.05, 3.63) is 0 Å². The van der Waals surface area contributed by atoms with Gasteiger partial charge in [0.05, 0.1) is 0 Å². The van der Waals surface area contributed by atoms with Gasteiger partial charge in [-0.15, -0.1) is 0 Å². The van der Waals surface area contributed by atoms with Gasteiger partial charge >= 0.3 is 51.6 Å². The molecule has 0 aliphatic carbocycles. The van der Waals surface area contributed by atoms with Gasteiger partial charge in [0.15, 0.2) is 0 Å². The molecule has 1 nitrogen and oxygen atoms in total. The number of rotatable bonds is 0. The zero-order chi connectivity index (χ0) is 5.11. The molecule has 1 saturated heterocycles. The topological polar surface area (TPSA) is 9.23 Å². The van der Waals surface area contributed by atoms with Crippen molar-refractivity contribution in [3.63, 3.8) is 0 Å². The van der Waals surface area contributed by atoms with Gasteiger partial charge in [-0.05, 0) is 0 Å². The summed E-state index contributed by atoms with van der Waals surface area (Å²) < 4.78 is 5.22. The van der Waals surface area contributed by atoms with Gasteiger partial charge in [-0.25, -0.2) is 0 Å². The molecule has 1 aliphatic rings. The Balaban J connectivity index is 2.12. The summed E-state index contributed by atoms with van der Waals surface area (Å²) in [6, 6.07) is 0. The van der Waals surface area contributed by atoms with E-state index in [2.05, 4.69) is 16.0 Å². The van der Waals surface area contributed by atoms with Crippen LogP contribution in [-0.2, 0) is 4.74 Å². The molecule has 1 aliphatic heterocycles. The summed E-state index contributed by atoms with van der Waals surface area (Å²) in [7, 11) is 0. The normalized spacial score (nSPS) is 33.0. The second kappa shape index (κ2) is 2.71. The van der Waals surface area contributed by atoms with E-state index in [4.69, 9.17) is 4.74 Å². The van der Waals surface area contributed by atoms with E-state index in [1.165, 1.54) is 19.3 Å². The van der Waals surface area contributed by atoms with E-state index in [9.17, 15) is 0 Å². The fourth-order valence-corrected chi connectivity index (χ4v) is 1.26. The Labute approximate surface area is 52.2 Å². The maximum atomic E-state index is 5.22. The SMILES string of the molecule is [Se]C1CCCCO1. The summed E-state index contributed by atoms with van der Waals surface area (Å²) in [6.07, 6.45) is 3.79. The van der Waals surface area contributed by atoms with Crippen molar-refractivity contribution in [2.24, 2.45) is 0 Å². The van der Waals surface area contributed by atoms with Crippen LogP contribution < -0.4 is 0 Å². The van der Waals surface area contributed by atoms with Gasteiger partial charge in [0.2, 0.25) is 0 Å². The van der Waals surface area contributed by atoms with E-state index in [1.807, 2.05) is 0 Å². The van der Waals surface area contributed by atoms with Gasteiger partial charge in [-0.3, -0.25) is 0 Å². The first-order valence-electron chi connectivity index (χ1n) is 2.67. The van der Waals surface area contributed by atoms with Crippen molar-refractivity contribution < 1.29 is 4.74 Å². The molecular weight excluding hydrogens is 155 g/mol. The summed E-state index contributed by atoms with van der Waals surface area (Å²) in [5, 5.41) is 0.411. The second-order valence-electron chi connectivity index (χ2n) is 1.80. The quantitative estimate of drug-likeness (QED) is 0.478. The number of ether oxygens (including phenoxy) is 1. The molecule has 0 saturated carbocycles. The Morgan fingerprint density at radius 3 is 2.57 bits per heavy atom. The van der Waals surface area contributed by atoms with Crippen LogP contribution in [0.25, 0.3) is 0 Å². The molecular formula is C5H9OSe.